The smallest absolute Gasteiger partial charge is 0.0465 e. The van der Waals surface area contributed by atoms with Gasteiger partial charge >= 0.3 is 0 Å². The SMILES string of the molecule is C1#Cc2ccc3[nH]c4ccc(cc4c3c2)C#Cc2ccc3[nH]c4ccc(cc4c3c2)C#Cc2ccc3[nH]c4ccc(cc4c3c2)C#Cc2ccc3[nH]c4ccc1cc4c3c2. The quantitative estimate of drug-likeness (QED) is 0.111. The number of fused-ring (bicyclic) bond motifs is 8. The first kappa shape index (κ1) is 32.3. The van der Waals surface area contributed by atoms with Gasteiger partial charge in [0.2, 0.25) is 0 Å². The Hall–Kier alpha value is -8.80. The van der Waals surface area contributed by atoms with Gasteiger partial charge in [0.25, 0.3) is 0 Å². The molecule has 4 aromatic heterocycles. The first-order valence-electron chi connectivity index (χ1n) is 19.9. The Morgan fingerprint density at radius 1 is 0.183 bits per heavy atom. The highest BCUT2D eigenvalue weighted by molar-refractivity contribution is 6.11. The van der Waals surface area contributed by atoms with Crippen LogP contribution in [0.5, 0.6) is 0 Å². The van der Waals surface area contributed by atoms with Crippen LogP contribution in [-0.4, -0.2) is 19.9 Å². The minimum atomic E-state index is 0.954. The third kappa shape index (κ3) is 5.28. The van der Waals surface area contributed by atoms with E-state index in [4.69, 9.17) is 0 Å². The minimum Gasteiger partial charge on any atom is -0.355 e. The van der Waals surface area contributed by atoms with E-state index in [-0.39, 0.29) is 0 Å². The average molecular weight is 757 g/mol. The summed E-state index contributed by atoms with van der Waals surface area (Å²) in [5.41, 5.74) is 16.2. The van der Waals surface area contributed by atoms with Gasteiger partial charge in [0.1, 0.15) is 0 Å². The molecular weight excluding hydrogens is 729 g/mol. The summed E-state index contributed by atoms with van der Waals surface area (Å²) in [6, 6.07) is 50.9. The van der Waals surface area contributed by atoms with Gasteiger partial charge in [-0.2, -0.15) is 0 Å². The lowest BCUT2D eigenvalue weighted by molar-refractivity contribution is 1.53. The molecule has 4 nitrogen and oxygen atoms in total. The van der Waals surface area contributed by atoms with Crippen LogP contribution < -0.4 is 0 Å². The summed E-state index contributed by atoms with van der Waals surface area (Å²) >= 11 is 0. The average Bonchev–Trinajstić information content (AvgIpc) is 4.05. The molecule has 1 aliphatic rings. The summed E-state index contributed by atoms with van der Waals surface area (Å²) in [6.07, 6.45) is 0. The van der Waals surface area contributed by atoms with Gasteiger partial charge in [-0.1, -0.05) is 47.4 Å². The number of benzene rings is 8. The number of aromatic nitrogens is 4. The van der Waals surface area contributed by atoms with E-state index >= 15 is 0 Å². The van der Waals surface area contributed by atoms with Crippen molar-refractivity contribution in [1.29, 1.82) is 0 Å². The van der Waals surface area contributed by atoms with Crippen LogP contribution in [0.15, 0.2) is 146 Å². The zero-order valence-electron chi connectivity index (χ0n) is 31.9. The van der Waals surface area contributed by atoms with Crippen molar-refractivity contribution in [2.45, 2.75) is 0 Å². The molecule has 0 spiro atoms. The molecule has 8 aromatic carbocycles. The van der Waals surface area contributed by atoms with E-state index in [2.05, 4.69) is 213 Å². The van der Waals surface area contributed by atoms with Gasteiger partial charge in [0.15, 0.2) is 0 Å². The van der Waals surface area contributed by atoms with E-state index in [0.29, 0.717) is 0 Å². The zero-order chi connectivity index (χ0) is 39.3. The van der Waals surface area contributed by atoms with E-state index in [0.717, 1.165) is 132 Å². The van der Waals surface area contributed by atoms with Gasteiger partial charge in [0.05, 0.1) is 0 Å². The summed E-state index contributed by atoms with van der Waals surface area (Å²) in [5.74, 6) is 27.6. The Morgan fingerprint density at radius 2 is 0.317 bits per heavy atom. The molecule has 60 heavy (non-hydrogen) atoms. The Labute approximate surface area is 343 Å². The number of H-pyrrole nitrogens is 4. The molecule has 0 radical (unpaired) electrons. The lowest BCUT2D eigenvalue weighted by Crippen LogP contribution is -1.79. The first-order valence-corrected chi connectivity index (χ1v) is 19.9. The molecule has 272 valence electrons. The van der Waals surface area contributed by atoms with E-state index in [1.54, 1.807) is 0 Å². The standard InChI is InChI=1S/C56H28N4/c1-2-34-10-18-50-42(26-34)44-28-36(12-20-52(44)58-50)5-6-38-14-22-54-46(30-38)48-32-40(16-24-56(48)60-54)8-7-39-15-23-55-47(31-39)45-29-37(13-21-53(45)59-55)4-3-35-11-19-51-43(27-35)41-25-33(1)9-17-49(41)57-51/h9-32,57-60H. The van der Waals surface area contributed by atoms with Gasteiger partial charge in [0, 0.05) is 132 Å². The van der Waals surface area contributed by atoms with Crippen LogP contribution in [-0.2, 0) is 0 Å². The normalized spacial score (nSPS) is 12.0. The van der Waals surface area contributed by atoms with Crippen LogP contribution in [0.3, 0.4) is 0 Å². The summed E-state index contributed by atoms with van der Waals surface area (Å²) in [5, 5.41) is 9.00. The third-order valence-electron chi connectivity index (χ3n) is 11.8. The number of rotatable bonds is 0. The molecule has 0 unspecified atom stereocenters. The van der Waals surface area contributed by atoms with Crippen molar-refractivity contribution in [2.75, 3.05) is 0 Å². The molecule has 16 bridgehead atoms. The molecule has 0 saturated carbocycles. The van der Waals surface area contributed by atoms with E-state index in [1.165, 1.54) is 0 Å². The monoisotopic (exact) mass is 756 g/mol. The fourth-order valence-corrected chi connectivity index (χ4v) is 8.79. The van der Waals surface area contributed by atoms with E-state index in [9.17, 15) is 0 Å². The maximum absolute atomic E-state index is 3.58. The molecular formula is C56H28N4. The van der Waals surface area contributed by atoms with E-state index in [1.807, 2.05) is 0 Å². The van der Waals surface area contributed by atoms with Crippen LogP contribution >= 0.6 is 0 Å². The molecule has 0 amide bonds. The molecule has 13 rings (SSSR count). The van der Waals surface area contributed by atoms with Gasteiger partial charge in [-0.15, -0.1) is 0 Å². The van der Waals surface area contributed by atoms with Crippen molar-refractivity contribution in [1.82, 2.24) is 19.9 Å². The number of hydrogen-bond donors (Lipinski definition) is 4. The highest BCUT2D eigenvalue weighted by Crippen LogP contribution is 2.31. The summed E-state index contributed by atoms with van der Waals surface area (Å²) < 4.78 is 0. The molecule has 0 fully saturated rings. The molecule has 4 N–H and O–H groups in total. The molecule has 0 saturated heterocycles. The third-order valence-corrected chi connectivity index (χ3v) is 11.8. The molecule has 4 heterocycles. The van der Waals surface area contributed by atoms with Crippen LogP contribution in [0.1, 0.15) is 44.5 Å². The van der Waals surface area contributed by atoms with Crippen LogP contribution in [0.25, 0.3) is 87.2 Å². The molecule has 4 heteroatoms. The molecule has 0 atom stereocenters. The largest absolute Gasteiger partial charge is 0.355 e. The molecule has 12 aromatic rings. The van der Waals surface area contributed by atoms with Crippen molar-refractivity contribution in [3.05, 3.63) is 190 Å². The van der Waals surface area contributed by atoms with Crippen molar-refractivity contribution in [3.63, 3.8) is 0 Å². The van der Waals surface area contributed by atoms with Gasteiger partial charge in [-0.25, -0.2) is 0 Å². The van der Waals surface area contributed by atoms with Crippen molar-refractivity contribution in [2.24, 2.45) is 0 Å². The summed E-state index contributed by atoms with van der Waals surface area (Å²) in [4.78, 5) is 14.3. The van der Waals surface area contributed by atoms with Gasteiger partial charge in [-0.3, -0.25) is 0 Å². The fourth-order valence-electron chi connectivity index (χ4n) is 8.79. The lowest BCUT2D eigenvalue weighted by Gasteiger charge is -1.97. The van der Waals surface area contributed by atoms with Crippen LogP contribution in [0.4, 0.5) is 0 Å². The van der Waals surface area contributed by atoms with Crippen molar-refractivity contribution in [3.8, 4) is 47.4 Å². The lowest BCUT2D eigenvalue weighted by atomic mass is 10.0. The molecule has 0 aliphatic heterocycles. The van der Waals surface area contributed by atoms with Crippen molar-refractivity contribution < 1.29 is 0 Å². The fraction of sp³-hybridized carbons (Fsp3) is 0. The summed E-state index contributed by atoms with van der Waals surface area (Å²) in [7, 11) is 0. The highest BCUT2D eigenvalue weighted by atomic mass is 14.7. The Balaban J connectivity index is 0.987. The highest BCUT2D eigenvalue weighted by Gasteiger charge is 2.10. The topological polar surface area (TPSA) is 63.2 Å². The Morgan fingerprint density at radius 3 is 0.450 bits per heavy atom. The predicted octanol–water partition coefficient (Wildman–Crippen LogP) is 12.1. The molecule has 1 aliphatic carbocycles. The minimum absolute atomic E-state index is 0.954. The predicted molar refractivity (Wildman–Crippen MR) is 247 cm³/mol. The zero-order valence-corrected chi connectivity index (χ0v) is 31.9. The van der Waals surface area contributed by atoms with E-state index < -0.39 is 0 Å². The second-order valence-electron chi connectivity index (χ2n) is 15.6. The second kappa shape index (κ2) is 12.3. The Bertz CT molecular complexity index is 3360. The second-order valence-corrected chi connectivity index (χ2v) is 15.6. The van der Waals surface area contributed by atoms with Gasteiger partial charge < -0.3 is 19.9 Å². The first-order chi connectivity index (χ1) is 29.6. The number of aromatic amines is 4. The van der Waals surface area contributed by atoms with Gasteiger partial charge in [-0.05, 0) is 146 Å². The Kier molecular flexibility index (Phi) is 6.65. The van der Waals surface area contributed by atoms with Crippen molar-refractivity contribution >= 4 is 87.2 Å². The maximum atomic E-state index is 3.58. The van der Waals surface area contributed by atoms with Crippen LogP contribution in [0.2, 0.25) is 0 Å². The van der Waals surface area contributed by atoms with Crippen LogP contribution in [0, 0.1) is 47.4 Å². The maximum Gasteiger partial charge on any atom is 0.0465 e. The number of hydrogen-bond acceptors (Lipinski definition) is 0. The summed E-state index contributed by atoms with van der Waals surface area (Å²) in [6.45, 7) is 0. The number of nitrogens with one attached hydrogen (secondary N) is 4.